The first kappa shape index (κ1) is 29.8. The Hall–Kier alpha value is -0.393. The quantitative estimate of drug-likeness (QED) is 0.420. The summed E-state index contributed by atoms with van der Waals surface area (Å²) in [4.78, 5) is 20.3. The molecule has 0 radical (unpaired) electrons. The highest BCUT2D eigenvalue weighted by Gasteiger charge is 2.45. The van der Waals surface area contributed by atoms with Crippen molar-refractivity contribution in [2.75, 3.05) is 6.54 Å². The Balaban J connectivity index is 0.00000136. The van der Waals surface area contributed by atoms with Gasteiger partial charge in [0.2, 0.25) is 5.91 Å². The van der Waals surface area contributed by atoms with Gasteiger partial charge in [-0.1, -0.05) is 20.8 Å². The van der Waals surface area contributed by atoms with Gasteiger partial charge in [-0.05, 0) is 61.2 Å². The van der Waals surface area contributed by atoms with Gasteiger partial charge in [0.1, 0.15) is 0 Å². The Bertz CT molecular complexity index is 947. The molecule has 3 aliphatic heterocycles. The molecule has 1 amide bonds. The molecule has 2 saturated heterocycles. The number of rotatable bonds is 5. The van der Waals surface area contributed by atoms with Crippen molar-refractivity contribution in [3.63, 3.8) is 0 Å². The molecule has 10 heteroatoms. The standard InChI is InChI=1S/C24H35N3O2SSi.3H2S/c1-24(2,3)31(4,5)29-21(16-8-10-26-17(12-16)6-7-22(26)28)13-19-23-18(9-11-30-23)20-14-25-15-27(19)20;;;/h9,11,14-17,19,21H,6-8,10,12-13H2,1-5H3;3*1H2/t16-,17-,19?,21-;;;/m0.../s1. The topological polar surface area (TPSA) is 47.4 Å². The number of thiophene rings is 1. The minimum Gasteiger partial charge on any atom is -0.414 e. The number of fused-ring (bicyclic) bond motifs is 4. The lowest BCUT2D eigenvalue weighted by Gasteiger charge is -2.45. The number of carbonyl (C=O) groups excluding carboxylic acids is 1. The molecule has 192 valence electrons. The molecule has 3 aliphatic rings. The number of nitrogens with zero attached hydrogens (tertiary/aromatic N) is 3. The zero-order valence-corrected chi connectivity index (χ0v) is 25.7. The summed E-state index contributed by atoms with van der Waals surface area (Å²) in [6.07, 6.45) is 9.10. The van der Waals surface area contributed by atoms with Gasteiger partial charge in [0, 0.05) is 29.4 Å². The molecule has 4 atom stereocenters. The molecule has 5 heterocycles. The van der Waals surface area contributed by atoms with Gasteiger partial charge in [-0.2, -0.15) is 40.5 Å². The molecule has 2 fully saturated rings. The van der Waals surface area contributed by atoms with Crippen LogP contribution in [0.15, 0.2) is 24.0 Å². The van der Waals surface area contributed by atoms with Crippen molar-refractivity contribution >= 4 is 66.0 Å². The zero-order valence-electron chi connectivity index (χ0n) is 20.9. The summed E-state index contributed by atoms with van der Waals surface area (Å²) in [5.74, 6) is 0.865. The van der Waals surface area contributed by atoms with Crippen molar-refractivity contribution in [1.82, 2.24) is 14.5 Å². The van der Waals surface area contributed by atoms with Crippen LogP contribution in [0, 0.1) is 5.92 Å². The van der Waals surface area contributed by atoms with E-state index in [2.05, 4.69) is 59.8 Å². The van der Waals surface area contributed by atoms with Crippen LogP contribution in [0.25, 0.3) is 11.3 Å². The highest BCUT2D eigenvalue weighted by atomic mass is 32.1. The van der Waals surface area contributed by atoms with E-state index in [1.54, 1.807) is 0 Å². The smallest absolute Gasteiger partial charge is 0.222 e. The molecule has 2 aromatic rings. The van der Waals surface area contributed by atoms with Gasteiger partial charge in [0.05, 0.1) is 30.4 Å². The predicted octanol–water partition coefficient (Wildman–Crippen LogP) is 6.03. The van der Waals surface area contributed by atoms with E-state index < -0.39 is 8.32 Å². The first-order valence-electron chi connectivity index (χ1n) is 11.7. The molecule has 0 bridgehead atoms. The van der Waals surface area contributed by atoms with E-state index >= 15 is 0 Å². The van der Waals surface area contributed by atoms with Gasteiger partial charge in [0.25, 0.3) is 0 Å². The molecule has 2 aromatic heterocycles. The lowest BCUT2D eigenvalue weighted by atomic mass is 9.84. The molecule has 0 spiro atoms. The fourth-order valence-electron chi connectivity index (χ4n) is 5.47. The van der Waals surface area contributed by atoms with Crippen LogP contribution >= 0.6 is 51.8 Å². The maximum atomic E-state index is 12.2. The number of aromatic nitrogens is 2. The second kappa shape index (κ2) is 10.9. The van der Waals surface area contributed by atoms with E-state index in [-0.39, 0.29) is 51.6 Å². The Labute approximate surface area is 230 Å². The average Bonchev–Trinajstić information content (AvgIpc) is 3.45. The molecular weight excluding hydrogens is 519 g/mol. The first-order valence-corrected chi connectivity index (χ1v) is 15.5. The first-order chi connectivity index (χ1) is 14.7. The second-order valence-electron chi connectivity index (χ2n) is 11.1. The summed E-state index contributed by atoms with van der Waals surface area (Å²) in [6.45, 7) is 12.6. The minimum absolute atomic E-state index is 0. The Morgan fingerprint density at radius 2 is 1.97 bits per heavy atom. The van der Waals surface area contributed by atoms with Gasteiger partial charge in [0.15, 0.2) is 8.32 Å². The van der Waals surface area contributed by atoms with Gasteiger partial charge in [-0.25, -0.2) is 4.98 Å². The maximum absolute atomic E-state index is 12.2. The van der Waals surface area contributed by atoms with Crippen LogP contribution in [0.4, 0.5) is 0 Å². The highest BCUT2D eigenvalue weighted by Crippen LogP contribution is 2.48. The van der Waals surface area contributed by atoms with Crippen LogP contribution in [-0.4, -0.2) is 47.4 Å². The number of imidazole rings is 1. The van der Waals surface area contributed by atoms with E-state index in [1.165, 1.54) is 16.1 Å². The number of piperidine rings is 1. The monoisotopic (exact) mass is 559 g/mol. The van der Waals surface area contributed by atoms with Crippen molar-refractivity contribution in [3.05, 3.63) is 28.8 Å². The molecule has 34 heavy (non-hydrogen) atoms. The third kappa shape index (κ3) is 5.18. The van der Waals surface area contributed by atoms with Crippen molar-refractivity contribution in [1.29, 1.82) is 0 Å². The zero-order chi connectivity index (χ0) is 22.0. The van der Waals surface area contributed by atoms with Crippen molar-refractivity contribution < 1.29 is 9.22 Å². The molecular formula is C24H41N3O2S4Si. The third-order valence-corrected chi connectivity index (χ3v) is 13.8. The van der Waals surface area contributed by atoms with Crippen molar-refractivity contribution in [3.8, 4) is 11.3 Å². The van der Waals surface area contributed by atoms with Crippen LogP contribution in [0.2, 0.25) is 18.1 Å². The molecule has 0 aromatic carbocycles. The predicted molar refractivity (Wildman–Crippen MR) is 159 cm³/mol. The maximum Gasteiger partial charge on any atom is 0.222 e. The van der Waals surface area contributed by atoms with Crippen molar-refractivity contribution in [2.24, 2.45) is 5.92 Å². The molecule has 0 N–H and O–H groups in total. The second-order valence-corrected chi connectivity index (χ2v) is 16.8. The minimum atomic E-state index is -1.92. The number of hydrogen-bond donors (Lipinski definition) is 0. The third-order valence-electron chi connectivity index (χ3n) is 8.28. The Morgan fingerprint density at radius 3 is 2.68 bits per heavy atom. The van der Waals surface area contributed by atoms with Crippen molar-refractivity contribution in [2.45, 2.75) is 89.2 Å². The number of hydrogen-bond acceptors (Lipinski definition) is 4. The number of carbonyl (C=O) groups is 1. The molecule has 5 rings (SSSR count). The van der Waals surface area contributed by atoms with E-state index in [0.29, 0.717) is 23.9 Å². The summed E-state index contributed by atoms with van der Waals surface area (Å²) in [5.41, 5.74) is 2.58. The molecule has 5 nitrogen and oxygen atoms in total. The van der Waals surface area contributed by atoms with Crippen LogP contribution in [0.1, 0.15) is 63.8 Å². The van der Waals surface area contributed by atoms with Crippen LogP contribution < -0.4 is 0 Å². The fraction of sp³-hybridized carbons (Fsp3) is 0.667. The van der Waals surface area contributed by atoms with E-state index in [1.807, 2.05) is 23.9 Å². The summed E-state index contributed by atoms with van der Waals surface area (Å²) in [5, 5.41) is 2.39. The normalized spacial score (nSPS) is 24.3. The average molecular weight is 560 g/mol. The summed E-state index contributed by atoms with van der Waals surface area (Å²) >= 11 is 1.86. The van der Waals surface area contributed by atoms with Crippen LogP contribution in [-0.2, 0) is 9.22 Å². The summed E-state index contributed by atoms with van der Waals surface area (Å²) in [6, 6.07) is 2.96. The van der Waals surface area contributed by atoms with E-state index in [9.17, 15) is 4.79 Å². The summed E-state index contributed by atoms with van der Waals surface area (Å²) < 4.78 is 9.53. The van der Waals surface area contributed by atoms with E-state index in [4.69, 9.17) is 4.43 Å². The van der Waals surface area contributed by atoms with Gasteiger partial charge >= 0.3 is 0 Å². The van der Waals surface area contributed by atoms with E-state index in [0.717, 1.165) is 38.6 Å². The largest absolute Gasteiger partial charge is 0.414 e. The lowest BCUT2D eigenvalue weighted by Crippen LogP contribution is -2.49. The van der Waals surface area contributed by atoms with Crippen LogP contribution in [0.3, 0.4) is 0 Å². The molecule has 0 saturated carbocycles. The fourth-order valence-corrected chi connectivity index (χ4v) is 7.88. The summed E-state index contributed by atoms with van der Waals surface area (Å²) in [7, 11) is -1.92. The lowest BCUT2D eigenvalue weighted by molar-refractivity contribution is -0.130. The highest BCUT2D eigenvalue weighted by molar-refractivity contribution is 7.59. The number of amides is 1. The SMILES string of the molecule is CC(C)(C)[Si](C)(C)O[C@@H](CC1c2sccc2-c2cncn21)[C@H]1CCN2C(=O)CC[C@H]2C1.S.S.S. The van der Waals surface area contributed by atoms with Gasteiger partial charge < -0.3 is 13.9 Å². The van der Waals surface area contributed by atoms with Crippen LogP contribution in [0.5, 0.6) is 0 Å². The Kier molecular flexibility index (Phi) is 9.59. The van der Waals surface area contributed by atoms with Gasteiger partial charge in [-0.3, -0.25) is 4.79 Å². The molecule has 1 unspecified atom stereocenters. The Morgan fingerprint density at radius 1 is 1.24 bits per heavy atom. The molecule has 0 aliphatic carbocycles. The van der Waals surface area contributed by atoms with Gasteiger partial charge in [-0.15, -0.1) is 11.3 Å².